The first-order valence-corrected chi connectivity index (χ1v) is 10.1. The van der Waals surface area contributed by atoms with Crippen LogP contribution in [-0.2, 0) is 4.79 Å². The number of benzene rings is 1. The van der Waals surface area contributed by atoms with Gasteiger partial charge in [0, 0.05) is 55.7 Å². The molecular formula is C22H31N3O3. The average Bonchev–Trinajstić information content (AvgIpc) is 2.68. The van der Waals surface area contributed by atoms with Crippen LogP contribution in [0.3, 0.4) is 0 Å². The minimum absolute atomic E-state index is 0.00762. The lowest BCUT2D eigenvalue weighted by Crippen LogP contribution is -2.55. The molecule has 0 saturated carbocycles. The molecule has 0 N–H and O–H groups in total. The van der Waals surface area contributed by atoms with Crippen molar-refractivity contribution < 1.29 is 14.4 Å². The van der Waals surface area contributed by atoms with Crippen LogP contribution in [0.15, 0.2) is 24.3 Å². The second kappa shape index (κ2) is 8.43. The fourth-order valence-electron chi connectivity index (χ4n) is 4.39. The molecule has 3 rings (SSSR count). The Morgan fingerprint density at radius 1 is 1.14 bits per heavy atom. The molecule has 1 aromatic carbocycles. The fraction of sp³-hybridized carbons (Fsp3) is 0.591. The van der Waals surface area contributed by atoms with Gasteiger partial charge in [-0.05, 0) is 52.4 Å². The highest BCUT2D eigenvalue weighted by Crippen LogP contribution is 2.39. The topological polar surface area (TPSA) is 60.9 Å². The highest BCUT2D eigenvalue weighted by atomic mass is 16.2. The number of amides is 2. The Balaban J connectivity index is 1.72. The summed E-state index contributed by atoms with van der Waals surface area (Å²) in [7, 11) is 4.03. The molecule has 6 nitrogen and oxygen atoms in total. The molecule has 28 heavy (non-hydrogen) atoms. The van der Waals surface area contributed by atoms with Crippen molar-refractivity contribution in [2.24, 2.45) is 5.41 Å². The number of hydrogen-bond donors (Lipinski definition) is 0. The molecule has 0 bridgehead atoms. The van der Waals surface area contributed by atoms with Gasteiger partial charge in [0.25, 0.3) is 5.91 Å². The van der Waals surface area contributed by atoms with E-state index in [-0.39, 0.29) is 23.0 Å². The van der Waals surface area contributed by atoms with E-state index in [0.29, 0.717) is 24.1 Å². The van der Waals surface area contributed by atoms with Crippen LogP contribution < -0.4 is 0 Å². The van der Waals surface area contributed by atoms with Gasteiger partial charge in [-0.15, -0.1) is 0 Å². The maximum atomic E-state index is 13.1. The maximum absolute atomic E-state index is 13.1. The number of nitrogens with zero attached hydrogens (tertiary/aromatic N) is 3. The van der Waals surface area contributed by atoms with Crippen LogP contribution in [-0.4, -0.2) is 79.1 Å². The molecule has 152 valence electrons. The van der Waals surface area contributed by atoms with Crippen LogP contribution in [0.5, 0.6) is 0 Å². The Labute approximate surface area is 167 Å². The van der Waals surface area contributed by atoms with E-state index in [1.165, 1.54) is 6.92 Å². The number of ketones is 1. The van der Waals surface area contributed by atoms with E-state index in [0.717, 1.165) is 45.4 Å². The molecule has 6 heteroatoms. The molecule has 2 aliphatic heterocycles. The van der Waals surface area contributed by atoms with Crippen molar-refractivity contribution in [2.75, 3.05) is 46.8 Å². The Bertz CT molecular complexity index is 761. The molecule has 2 saturated heterocycles. The SMILES string of the molecule is CC(=O)c1cccc(C(=O)N2CCCC3(CCC(=O)N(CCN(C)C)C3)C2)c1. The van der Waals surface area contributed by atoms with Crippen molar-refractivity contribution in [1.29, 1.82) is 0 Å². The molecule has 2 fully saturated rings. The second-order valence-electron chi connectivity index (χ2n) is 8.59. The monoisotopic (exact) mass is 385 g/mol. The van der Waals surface area contributed by atoms with E-state index in [1.807, 2.05) is 23.9 Å². The number of likely N-dealkylation sites (tertiary alicyclic amines) is 2. The minimum atomic E-state index is -0.0351. The van der Waals surface area contributed by atoms with Crippen molar-refractivity contribution in [2.45, 2.75) is 32.6 Å². The number of rotatable bonds is 5. The summed E-state index contributed by atoms with van der Waals surface area (Å²) in [4.78, 5) is 43.1. The van der Waals surface area contributed by atoms with Gasteiger partial charge in [0.05, 0.1) is 0 Å². The van der Waals surface area contributed by atoms with E-state index in [4.69, 9.17) is 0 Å². The van der Waals surface area contributed by atoms with Crippen molar-refractivity contribution in [3.05, 3.63) is 35.4 Å². The highest BCUT2D eigenvalue weighted by molar-refractivity contribution is 5.99. The van der Waals surface area contributed by atoms with Crippen LogP contribution in [0.4, 0.5) is 0 Å². The van der Waals surface area contributed by atoms with E-state index in [1.54, 1.807) is 24.3 Å². The number of piperidine rings is 2. The normalized spacial score (nSPS) is 22.8. The first kappa shape index (κ1) is 20.5. The molecule has 1 unspecified atom stereocenters. The third kappa shape index (κ3) is 4.61. The third-order valence-corrected chi connectivity index (χ3v) is 6.03. The predicted molar refractivity (Wildman–Crippen MR) is 108 cm³/mol. The number of hydrogen-bond acceptors (Lipinski definition) is 4. The summed E-state index contributed by atoms with van der Waals surface area (Å²) in [6, 6.07) is 6.99. The fourth-order valence-corrected chi connectivity index (χ4v) is 4.39. The van der Waals surface area contributed by atoms with Crippen molar-refractivity contribution in [1.82, 2.24) is 14.7 Å². The zero-order valence-corrected chi connectivity index (χ0v) is 17.2. The highest BCUT2D eigenvalue weighted by Gasteiger charge is 2.42. The van der Waals surface area contributed by atoms with Gasteiger partial charge in [0.1, 0.15) is 0 Å². The Kier molecular flexibility index (Phi) is 6.18. The van der Waals surface area contributed by atoms with E-state index < -0.39 is 0 Å². The second-order valence-corrected chi connectivity index (χ2v) is 8.59. The van der Waals surface area contributed by atoms with Gasteiger partial charge in [-0.25, -0.2) is 0 Å². The Hall–Kier alpha value is -2.21. The molecular weight excluding hydrogens is 354 g/mol. The van der Waals surface area contributed by atoms with Gasteiger partial charge in [-0.1, -0.05) is 12.1 Å². The number of carbonyl (C=O) groups excluding carboxylic acids is 3. The van der Waals surface area contributed by atoms with Crippen molar-refractivity contribution in [3.63, 3.8) is 0 Å². The van der Waals surface area contributed by atoms with Crippen LogP contribution in [0.2, 0.25) is 0 Å². The van der Waals surface area contributed by atoms with Gasteiger partial charge in [-0.3, -0.25) is 14.4 Å². The molecule has 2 heterocycles. The number of carbonyl (C=O) groups is 3. The zero-order valence-electron chi connectivity index (χ0n) is 17.2. The lowest BCUT2D eigenvalue weighted by Gasteiger charge is -2.48. The van der Waals surface area contributed by atoms with Gasteiger partial charge in [0.2, 0.25) is 5.91 Å². The van der Waals surface area contributed by atoms with Crippen LogP contribution >= 0.6 is 0 Å². The molecule has 1 spiro atoms. The number of likely N-dealkylation sites (N-methyl/N-ethyl adjacent to an activating group) is 1. The third-order valence-electron chi connectivity index (χ3n) is 6.03. The zero-order chi connectivity index (χ0) is 20.3. The summed E-state index contributed by atoms with van der Waals surface area (Å²) in [6.07, 6.45) is 3.42. The number of Topliss-reactive ketones (excluding diaryl/α,β-unsaturated/α-hetero) is 1. The molecule has 1 aromatic rings. The molecule has 0 radical (unpaired) electrons. The lowest BCUT2D eigenvalue weighted by atomic mass is 9.73. The standard InChI is InChI=1S/C22H31N3O3/c1-17(26)18-6-4-7-19(14-18)21(28)25-11-5-9-22(16-25)10-8-20(27)24(15-22)13-12-23(2)3/h4,6-7,14H,5,8-13,15-16H2,1-3H3. The molecule has 0 aliphatic carbocycles. The Morgan fingerprint density at radius 3 is 2.61 bits per heavy atom. The van der Waals surface area contributed by atoms with Gasteiger partial charge < -0.3 is 14.7 Å². The summed E-state index contributed by atoms with van der Waals surface area (Å²) in [6.45, 7) is 5.25. The van der Waals surface area contributed by atoms with Gasteiger partial charge >= 0.3 is 0 Å². The summed E-state index contributed by atoms with van der Waals surface area (Å²) >= 11 is 0. The van der Waals surface area contributed by atoms with E-state index in [9.17, 15) is 14.4 Å². The first-order chi connectivity index (χ1) is 13.3. The summed E-state index contributed by atoms with van der Waals surface area (Å²) in [5, 5.41) is 0. The maximum Gasteiger partial charge on any atom is 0.253 e. The van der Waals surface area contributed by atoms with Crippen LogP contribution in [0.25, 0.3) is 0 Å². The molecule has 2 aliphatic rings. The van der Waals surface area contributed by atoms with Gasteiger partial charge in [0.15, 0.2) is 5.78 Å². The Morgan fingerprint density at radius 2 is 1.89 bits per heavy atom. The van der Waals surface area contributed by atoms with E-state index >= 15 is 0 Å². The van der Waals surface area contributed by atoms with Crippen molar-refractivity contribution in [3.8, 4) is 0 Å². The minimum Gasteiger partial charge on any atom is -0.341 e. The smallest absolute Gasteiger partial charge is 0.253 e. The van der Waals surface area contributed by atoms with E-state index in [2.05, 4.69) is 4.90 Å². The summed E-state index contributed by atoms with van der Waals surface area (Å²) < 4.78 is 0. The summed E-state index contributed by atoms with van der Waals surface area (Å²) in [5.41, 5.74) is 1.13. The van der Waals surface area contributed by atoms with Crippen LogP contribution in [0.1, 0.15) is 53.3 Å². The van der Waals surface area contributed by atoms with Crippen LogP contribution in [0, 0.1) is 5.41 Å². The lowest BCUT2D eigenvalue weighted by molar-refractivity contribution is -0.139. The molecule has 0 aromatic heterocycles. The van der Waals surface area contributed by atoms with Crippen molar-refractivity contribution >= 4 is 17.6 Å². The molecule has 1 atom stereocenters. The van der Waals surface area contributed by atoms with Gasteiger partial charge in [-0.2, -0.15) is 0 Å². The summed E-state index contributed by atoms with van der Waals surface area (Å²) in [5.74, 6) is 0.177. The first-order valence-electron chi connectivity index (χ1n) is 10.1. The largest absolute Gasteiger partial charge is 0.341 e. The average molecular weight is 386 g/mol. The molecule has 2 amide bonds. The predicted octanol–water partition coefficient (Wildman–Crippen LogP) is 2.30. The quantitative estimate of drug-likeness (QED) is 0.730.